The van der Waals surface area contributed by atoms with Crippen molar-refractivity contribution in [3.63, 3.8) is 0 Å². The fourth-order valence-corrected chi connectivity index (χ4v) is 2.01. The molecule has 0 radical (unpaired) electrons. The van der Waals surface area contributed by atoms with Crippen molar-refractivity contribution in [2.45, 2.75) is 38.1 Å². The van der Waals surface area contributed by atoms with Crippen LogP contribution in [0, 0.1) is 11.8 Å². The Morgan fingerprint density at radius 2 is 1.85 bits per heavy atom. The molecule has 13 heavy (non-hydrogen) atoms. The van der Waals surface area contributed by atoms with E-state index in [1.165, 1.54) is 32.1 Å². The Morgan fingerprint density at radius 1 is 1.23 bits per heavy atom. The van der Waals surface area contributed by atoms with Gasteiger partial charge in [-0.05, 0) is 37.5 Å². The molecule has 0 amide bonds. The van der Waals surface area contributed by atoms with Crippen molar-refractivity contribution in [1.82, 2.24) is 5.43 Å². The molecule has 2 aliphatic carbocycles. The van der Waals surface area contributed by atoms with Crippen LogP contribution in [-0.4, -0.2) is 12.0 Å². The molecule has 0 aromatic carbocycles. The van der Waals surface area contributed by atoms with Crippen molar-refractivity contribution in [3.8, 4) is 0 Å². The Morgan fingerprint density at radius 3 is 2.23 bits per heavy atom. The third-order valence-electron chi connectivity index (χ3n) is 3.17. The molecular formula is C9H18N4. The van der Waals surface area contributed by atoms with Gasteiger partial charge in [-0.2, -0.15) is 0 Å². The Bertz CT molecular complexity index is 206. The van der Waals surface area contributed by atoms with Crippen molar-refractivity contribution < 1.29 is 0 Å². The normalized spacial score (nSPS) is 26.7. The molecule has 2 aliphatic rings. The fraction of sp³-hybridized carbons (Fsp3) is 0.889. The lowest BCUT2D eigenvalue weighted by Crippen LogP contribution is -2.40. The second-order valence-electron chi connectivity index (χ2n) is 4.18. The van der Waals surface area contributed by atoms with Crippen LogP contribution in [0.15, 0.2) is 4.99 Å². The highest BCUT2D eigenvalue weighted by molar-refractivity contribution is 5.77. The van der Waals surface area contributed by atoms with E-state index < -0.39 is 0 Å². The molecule has 4 nitrogen and oxygen atoms in total. The molecule has 0 heterocycles. The highest BCUT2D eigenvalue weighted by Crippen LogP contribution is 2.43. The zero-order chi connectivity index (χ0) is 9.26. The van der Waals surface area contributed by atoms with Crippen molar-refractivity contribution in [3.05, 3.63) is 0 Å². The summed E-state index contributed by atoms with van der Waals surface area (Å²) >= 11 is 0. The summed E-state index contributed by atoms with van der Waals surface area (Å²) < 4.78 is 0. The SMILES string of the molecule is NNC(N)=NC(C1CCC1)C1CC1. The second-order valence-corrected chi connectivity index (χ2v) is 4.18. The Labute approximate surface area is 78.7 Å². The topological polar surface area (TPSA) is 76.4 Å². The van der Waals surface area contributed by atoms with Crippen LogP contribution in [0.5, 0.6) is 0 Å². The lowest BCUT2D eigenvalue weighted by Gasteiger charge is -2.31. The predicted molar refractivity (Wildman–Crippen MR) is 52.8 cm³/mol. The molecule has 0 spiro atoms. The van der Waals surface area contributed by atoms with E-state index in [0.717, 1.165) is 11.8 Å². The number of nitrogens with zero attached hydrogens (tertiary/aromatic N) is 1. The number of nitrogens with one attached hydrogen (secondary N) is 1. The summed E-state index contributed by atoms with van der Waals surface area (Å²) in [5, 5.41) is 0. The summed E-state index contributed by atoms with van der Waals surface area (Å²) in [5.41, 5.74) is 7.98. The maximum atomic E-state index is 5.57. The van der Waals surface area contributed by atoms with Crippen LogP contribution >= 0.6 is 0 Å². The minimum absolute atomic E-state index is 0.392. The Kier molecular flexibility index (Phi) is 2.40. The van der Waals surface area contributed by atoms with Gasteiger partial charge in [-0.15, -0.1) is 0 Å². The minimum Gasteiger partial charge on any atom is -0.369 e. The number of aliphatic imine (C=N–C) groups is 1. The average molecular weight is 182 g/mol. The monoisotopic (exact) mass is 182 g/mol. The van der Waals surface area contributed by atoms with Crippen LogP contribution in [0.2, 0.25) is 0 Å². The van der Waals surface area contributed by atoms with Crippen molar-refractivity contribution >= 4 is 5.96 Å². The summed E-state index contributed by atoms with van der Waals surface area (Å²) in [6.45, 7) is 0. The molecule has 2 fully saturated rings. The van der Waals surface area contributed by atoms with Crippen molar-refractivity contribution in [2.24, 2.45) is 28.4 Å². The molecule has 4 heteroatoms. The fourth-order valence-electron chi connectivity index (χ4n) is 2.01. The van der Waals surface area contributed by atoms with E-state index in [9.17, 15) is 0 Å². The maximum Gasteiger partial charge on any atom is 0.203 e. The lowest BCUT2D eigenvalue weighted by atomic mass is 9.78. The van der Waals surface area contributed by atoms with Crippen LogP contribution < -0.4 is 17.0 Å². The zero-order valence-corrected chi connectivity index (χ0v) is 7.87. The van der Waals surface area contributed by atoms with E-state index in [1.54, 1.807) is 0 Å². The molecule has 0 aliphatic heterocycles. The molecule has 0 aromatic rings. The first-order valence-electron chi connectivity index (χ1n) is 5.11. The second kappa shape index (κ2) is 3.54. The van der Waals surface area contributed by atoms with E-state index in [0.29, 0.717) is 12.0 Å². The first-order valence-corrected chi connectivity index (χ1v) is 5.11. The molecule has 5 N–H and O–H groups in total. The van der Waals surface area contributed by atoms with E-state index >= 15 is 0 Å². The highest BCUT2D eigenvalue weighted by atomic mass is 15.3. The Balaban J connectivity index is 1.95. The summed E-state index contributed by atoms with van der Waals surface area (Å²) in [4.78, 5) is 4.44. The van der Waals surface area contributed by atoms with E-state index in [1.807, 2.05) is 0 Å². The van der Waals surface area contributed by atoms with Gasteiger partial charge < -0.3 is 5.73 Å². The zero-order valence-electron chi connectivity index (χ0n) is 7.87. The average Bonchev–Trinajstić information content (AvgIpc) is 2.81. The van der Waals surface area contributed by atoms with Gasteiger partial charge in [0.2, 0.25) is 5.96 Å². The van der Waals surface area contributed by atoms with Crippen LogP contribution in [-0.2, 0) is 0 Å². The van der Waals surface area contributed by atoms with Gasteiger partial charge >= 0.3 is 0 Å². The third kappa shape index (κ3) is 1.94. The van der Waals surface area contributed by atoms with Crippen LogP contribution in [0.25, 0.3) is 0 Å². The van der Waals surface area contributed by atoms with Gasteiger partial charge in [-0.3, -0.25) is 5.43 Å². The molecule has 0 aromatic heterocycles. The Hall–Kier alpha value is -0.770. The van der Waals surface area contributed by atoms with Gasteiger partial charge in [0.15, 0.2) is 0 Å². The van der Waals surface area contributed by atoms with Gasteiger partial charge in [0.1, 0.15) is 0 Å². The van der Waals surface area contributed by atoms with Gasteiger partial charge in [0.25, 0.3) is 0 Å². The summed E-state index contributed by atoms with van der Waals surface area (Å²) in [7, 11) is 0. The molecule has 1 atom stereocenters. The molecule has 2 saturated carbocycles. The molecule has 74 valence electrons. The third-order valence-corrected chi connectivity index (χ3v) is 3.17. The van der Waals surface area contributed by atoms with Gasteiger partial charge in [0, 0.05) is 0 Å². The molecule has 2 rings (SSSR count). The first kappa shape index (κ1) is 8.81. The summed E-state index contributed by atoms with van der Waals surface area (Å²) in [5.74, 6) is 7.15. The number of hydrazine groups is 1. The van der Waals surface area contributed by atoms with Gasteiger partial charge in [-0.1, -0.05) is 6.42 Å². The minimum atomic E-state index is 0.392. The smallest absolute Gasteiger partial charge is 0.203 e. The van der Waals surface area contributed by atoms with E-state index in [2.05, 4.69) is 10.4 Å². The first-order chi connectivity index (χ1) is 6.31. The number of guanidine groups is 1. The van der Waals surface area contributed by atoms with Crippen LogP contribution in [0.1, 0.15) is 32.1 Å². The van der Waals surface area contributed by atoms with Crippen molar-refractivity contribution in [2.75, 3.05) is 0 Å². The van der Waals surface area contributed by atoms with Gasteiger partial charge in [0.05, 0.1) is 6.04 Å². The van der Waals surface area contributed by atoms with E-state index in [4.69, 9.17) is 11.6 Å². The van der Waals surface area contributed by atoms with E-state index in [-0.39, 0.29) is 0 Å². The largest absolute Gasteiger partial charge is 0.369 e. The number of hydrogen-bond donors (Lipinski definition) is 3. The molecule has 0 saturated heterocycles. The molecular weight excluding hydrogens is 164 g/mol. The van der Waals surface area contributed by atoms with Crippen LogP contribution in [0.3, 0.4) is 0 Å². The quantitative estimate of drug-likeness (QED) is 0.255. The summed E-state index contributed by atoms with van der Waals surface area (Å²) in [6, 6.07) is 0.449. The number of hydrogen-bond acceptors (Lipinski definition) is 2. The summed E-state index contributed by atoms with van der Waals surface area (Å²) in [6.07, 6.45) is 6.65. The highest BCUT2D eigenvalue weighted by Gasteiger charge is 2.38. The maximum absolute atomic E-state index is 5.57. The van der Waals surface area contributed by atoms with Gasteiger partial charge in [-0.25, -0.2) is 10.8 Å². The lowest BCUT2D eigenvalue weighted by molar-refractivity contribution is 0.245. The molecule has 1 unspecified atom stereocenters. The van der Waals surface area contributed by atoms with Crippen LogP contribution in [0.4, 0.5) is 0 Å². The van der Waals surface area contributed by atoms with Crippen molar-refractivity contribution in [1.29, 1.82) is 0 Å². The standard InChI is InChI=1S/C9H18N4/c10-9(13-11)12-8(7-4-5-7)6-2-1-3-6/h6-8H,1-5,11H2,(H3,10,12,13). The molecule has 0 bridgehead atoms. The number of rotatable bonds is 3. The predicted octanol–water partition coefficient (Wildman–Crippen LogP) is 0.343. The number of nitrogens with two attached hydrogens (primary N) is 2.